The van der Waals surface area contributed by atoms with Crippen LogP contribution in [0.1, 0.15) is 47.8 Å². The van der Waals surface area contributed by atoms with Gasteiger partial charge >= 0.3 is 12.1 Å². The van der Waals surface area contributed by atoms with E-state index in [0.29, 0.717) is 23.2 Å². The highest BCUT2D eigenvalue weighted by molar-refractivity contribution is 5.96. The van der Waals surface area contributed by atoms with Crippen LogP contribution in [0, 0.1) is 5.41 Å². The minimum Gasteiger partial charge on any atom is -0.507 e. The van der Waals surface area contributed by atoms with Gasteiger partial charge in [0.15, 0.2) is 0 Å². The van der Waals surface area contributed by atoms with Gasteiger partial charge in [0, 0.05) is 23.2 Å². The van der Waals surface area contributed by atoms with E-state index in [-0.39, 0.29) is 22.9 Å². The van der Waals surface area contributed by atoms with Crippen LogP contribution in [0.25, 0.3) is 6.08 Å². The third-order valence-corrected chi connectivity index (χ3v) is 4.27. The van der Waals surface area contributed by atoms with Crippen molar-refractivity contribution >= 4 is 23.8 Å². The van der Waals surface area contributed by atoms with Crippen molar-refractivity contribution in [1.29, 1.82) is 5.41 Å². The van der Waals surface area contributed by atoms with Gasteiger partial charge in [0.1, 0.15) is 11.6 Å². The van der Waals surface area contributed by atoms with Crippen LogP contribution in [-0.2, 0) is 10.2 Å². The standard InChI is InChI=1S/C21H25N3O2.C2HF3O2/c1-21(2,3)17-9-6-14(7-10-17)20(26)24-12-4-5-15-13-16(19(22)23)8-11-18(15)25;3-2(4,5)1(6)7/h4-11,13,25H,12H2,1-3H3,(H3,22,23)(H,24,26);(H,6,7)/b5-4+;. The zero-order valence-electron chi connectivity index (χ0n) is 18.3. The Labute approximate surface area is 189 Å². The fourth-order valence-electron chi connectivity index (χ4n) is 2.42. The molecule has 2 aromatic rings. The van der Waals surface area contributed by atoms with Gasteiger partial charge in [-0.3, -0.25) is 10.2 Å². The van der Waals surface area contributed by atoms with Gasteiger partial charge < -0.3 is 21.3 Å². The number of carboxylic acids is 1. The number of nitrogen functional groups attached to an aromatic ring is 1. The van der Waals surface area contributed by atoms with Crippen molar-refractivity contribution in [1.82, 2.24) is 5.32 Å². The molecule has 0 aliphatic heterocycles. The molecule has 0 atom stereocenters. The lowest BCUT2D eigenvalue weighted by molar-refractivity contribution is -0.192. The number of nitrogens with two attached hydrogens (primary N) is 1. The summed E-state index contributed by atoms with van der Waals surface area (Å²) < 4.78 is 31.7. The number of amidine groups is 1. The Balaban J connectivity index is 0.000000675. The number of nitrogens with one attached hydrogen (secondary N) is 2. The first kappa shape index (κ1) is 27.2. The molecule has 0 saturated heterocycles. The lowest BCUT2D eigenvalue weighted by Gasteiger charge is -2.19. The monoisotopic (exact) mass is 465 g/mol. The number of halogens is 3. The fourth-order valence-corrected chi connectivity index (χ4v) is 2.42. The maximum Gasteiger partial charge on any atom is 0.490 e. The molecule has 0 spiro atoms. The van der Waals surface area contributed by atoms with Gasteiger partial charge in [-0.15, -0.1) is 0 Å². The van der Waals surface area contributed by atoms with Crippen molar-refractivity contribution in [2.45, 2.75) is 32.4 Å². The summed E-state index contributed by atoms with van der Waals surface area (Å²) in [5, 5.41) is 27.2. The van der Waals surface area contributed by atoms with Crippen LogP contribution in [0.4, 0.5) is 13.2 Å². The summed E-state index contributed by atoms with van der Waals surface area (Å²) in [4.78, 5) is 21.1. The molecule has 10 heteroatoms. The predicted octanol–water partition coefficient (Wildman–Crippen LogP) is 4.05. The normalized spacial score (nSPS) is 11.5. The van der Waals surface area contributed by atoms with Gasteiger partial charge in [-0.1, -0.05) is 45.1 Å². The van der Waals surface area contributed by atoms with Crippen LogP contribution in [0.3, 0.4) is 0 Å². The van der Waals surface area contributed by atoms with Crippen molar-refractivity contribution in [3.63, 3.8) is 0 Å². The summed E-state index contributed by atoms with van der Waals surface area (Å²) in [5.41, 5.74) is 8.36. The van der Waals surface area contributed by atoms with Gasteiger partial charge in [0.05, 0.1) is 0 Å². The first-order valence-corrected chi connectivity index (χ1v) is 9.65. The maximum atomic E-state index is 12.2. The summed E-state index contributed by atoms with van der Waals surface area (Å²) in [7, 11) is 0. The molecule has 33 heavy (non-hydrogen) atoms. The molecule has 0 aromatic heterocycles. The highest BCUT2D eigenvalue weighted by Crippen LogP contribution is 2.22. The molecule has 0 unspecified atom stereocenters. The Morgan fingerprint density at radius 3 is 2.03 bits per heavy atom. The number of carboxylic acid groups (broad SMARTS) is 1. The van der Waals surface area contributed by atoms with Gasteiger partial charge in [0.2, 0.25) is 0 Å². The third kappa shape index (κ3) is 9.06. The van der Waals surface area contributed by atoms with E-state index in [1.54, 1.807) is 24.3 Å². The van der Waals surface area contributed by atoms with E-state index < -0.39 is 12.1 Å². The Hall–Kier alpha value is -3.82. The molecular formula is C23H26F3N3O4. The molecule has 2 rings (SSSR count). The minimum absolute atomic E-state index is 0.0498. The lowest BCUT2D eigenvalue weighted by Crippen LogP contribution is -2.23. The number of carbonyl (C=O) groups is 2. The number of carbonyl (C=O) groups excluding carboxylic acids is 1. The molecule has 0 aliphatic carbocycles. The Morgan fingerprint density at radius 2 is 1.58 bits per heavy atom. The minimum atomic E-state index is -5.08. The number of alkyl halides is 3. The quantitative estimate of drug-likeness (QED) is 0.335. The SMILES string of the molecule is CC(C)(C)c1ccc(C(=O)NC/C=C/c2cc(C(=N)N)ccc2O)cc1.O=C(O)C(F)(F)F. The van der Waals surface area contributed by atoms with E-state index >= 15 is 0 Å². The molecule has 1 amide bonds. The lowest BCUT2D eigenvalue weighted by atomic mass is 9.87. The van der Waals surface area contributed by atoms with Crippen molar-refractivity contribution < 1.29 is 33.0 Å². The first-order valence-electron chi connectivity index (χ1n) is 9.65. The molecule has 0 aliphatic rings. The second-order valence-corrected chi connectivity index (χ2v) is 7.93. The van der Waals surface area contributed by atoms with Crippen LogP contribution < -0.4 is 11.1 Å². The number of hydrogen-bond acceptors (Lipinski definition) is 4. The van der Waals surface area contributed by atoms with Crippen molar-refractivity contribution in [3.8, 4) is 5.75 Å². The molecule has 0 heterocycles. The van der Waals surface area contributed by atoms with Crippen molar-refractivity contribution in [3.05, 3.63) is 70.8 Å². The number of phenols is 1. The van der Waals surface area contributed by atoms with Crippen LogP contribution in [-0.4, -0.2) is 40.6 Å². The molecule has 2 aromatic carbocycles. The van der Waals surface area contributed by atoms with Crippen molar-refractivity contribution in [2.24, 2.45) is 5.73 Å². The maximum absolute atomic E-state index is 12.2. The average Bonchev–Trinajstić information content (AvgIpc) is 2.71. The summed E-state index contributed by atoms with van der Waals surface area (Å²) in [6.45, 7) is 6.71. The van der Waals surface area contributed by atoms with Gasteiger partial charge in [-0.2, -0.15) is 13.2 Å². The van der Waals surface area contributed by atoms with Gasteiger partial charge in [-0.25, -0.2) is 4.79 Å². The van der Waals surface area contributed by atoms with E-state index in [2.05, 4.69) is 26.1 Å². The number of aromatic hydroxyl groups is 1. The predicted molar refractivity (Wildman–Crippen MR) is 119 cm³/mol. The molecule has 0 bridgehead atoms. The first-order chi connectivity index (χ1) is 15.1. The van der Waals surface area contributed by atoms with Crippen LogP contribution in [0.15, 0.2) is 48.5 Å². The Kier molecular flexibility index (Phi) is 9.21. The molecule has 7 nitrogen and oxygen atoms in total. The Morgan fingerprint density at radius 1 is 1.06 bits per heavy atom. The van der Waals surface area contributed by atoms with Gasteiger partial charge in [0.25, 0.3) is 5.91 Å². The van der Waals surface area contributed by atoms with Crippen LogP contribution in [0.5, 0.6) is 5.75 Å². The molecular weight excluding hydrogens is 439 g/mol. The number of aliphatic carboxylic acids is 1. The topological polar surface area (TPSA) is 136 Å². The van der Waals surface area contributed by atoms with E-state index in [1.807, 2.05) is 24.3 Å². The fraction of sp³-hybridized carbons (Fsp3) is 0.261. The zero-order chi connectivity index (χ0) is 25.4. The summed E-state index contributed by atoms with van der Waals surface area (Å²) in [6, 6.07) is 12.3. The average molecular weight is 465 g/mol. The van der Waals surface area contributed by atoms with E-state index in [0.717, 1.165) is 0 Å². The second kappa shape index (κ2) is 11.2. The zero-order valence-corrected chi connectivity index (χ0v) is 18.3. The summed E-state index contributed by atoms with van der Waals surface area (Å²) >= 11 is 0. The molecule has 6 N–H and O–H groups in total. The van der Waals surface area contributed by atoms with Crippen LogP contribution >= 0.6 is 0 Å². The van der Waals surface area contributed by atoms with Crippen molar-refractivity contribution in [2.75, 3.05) is 6.54 Å². The highest BCUT2D eigenvalue weighted by atomic mass is 19.4. The number of amides is 1. The van der Waals surface area contributed by atoms with E-state index in [9.17, 15) is 23.1 Å². The van der Waals surface area contributed by atoms with E-state index in [1.165, 1.54) is 11.6 Å². The number of rotatable bonds is 5. The smallest absolute Gasteiger partial charge is 0.490 e. The summed E-state index contributed by atoms with van der Waals surface area (Å²) in [6.07, 6.45) is -1.66. The number of phenolic OH excluding ortho intramolecular Hbond substituents is 1. The van der Waals surface area contributed by atoms with Gasteiger partial charge in [-0.05, 0) is 41.3 Å². The highest BCUT2D eigenvalue weighted by Gasteiger charge is 2.38. The largest absolute Gasteiger partial charge is 0.507 e. The second-order valence-electron chi connectivity index (χ2n) is 7.93. The van der Waals surface area contributed by atoms with Crippen LogP contribution in [0.2, 0.25) is 0 Å². The third-order valence-electron chi connectivity index (χ3n) is 4.27. The Bertz CT molecular complexity index is 1020. The molecule has 178 valence electrons. The molecule has 0 saturated carbocycles. The molecule has 0 radical (unpaired) electrons. The number of hydrogen-bond donors (Lipinski definition) is 5. The number of benzene rings is 2. The van der Waals surface area contributed by atoms with E-state index in [4.69, 9.17) is 21.0 Å². The summed E-state index contributed by atoms with van der Waals surface area (Å²) in [5.74, 6) is -2.88. The molecule has 0 fully saturated rings.